The van der Waals surface area contributed by atoms with Crippen LogP contribution in [0.1, 0.15) is 26.3 Å². The first-order valence-electron chi connectivity index (χ1n) is 5.18. The van der Waals surface area contributed by atoms with Crippen LogP contribution in [0, 0.1) is 5.92 Å². The Bertz CT molecular complexity index is 325. The molecule has 0 saturated carbocycles. The lowest BCUT2D eigenvalue weighted by molar-refractivity contribution is 0.426. The Morgan fingerprint density at radius 2 is 2.00 bits per heavy atom. The highest BCUT2D eigenvalue weighted by Crippen LogP contribution is 2.21. The summed E-state index contributed by atoms with van der Waals surface area (Å²) >= 11 is 9.54. The molecule has 0 aromatic heterocycles. The maximum Gasteiger partial charge on any atom is 0.0451 e. The summed E-state index contributed by atoms with van der Waals surface area (Å²) in [6, 6.07) is 6.43. The zero-order valence-electron chi connectivity index (χ0n) is 9.35. The monoisotopic (exact) mass is 289 g/mol. The fraction of sp³-hybridized carbons (Fsp3) is 0.500. The molecule has 0 saturated heterocycles. The van der Waals surface area contributed by atoms with Gasteiger partial charge < -0.3 is 5.32 Å². The number of halogens is 2. The average Bonchev–Trinajstić information content (AvgIpc) is 2.18. The van der Waals surface area contributed by atoms with E-state index in [-0.39, 0.29) is 0 Å². The lowest BCUT2D eigenvalue weighted by Gasteiger charge is -2.18. The molecule has 0 spiro atoms. The van der Waals surface area contributed by atoms with Gasteiger partial charge in [0.1, 0.15) is 0 Å². The number of nitrogens with one attached hydrogen (secondary N) is 1. The normalized spacial score (nSPS) is 13.2. The van der Waals surface area contributed by atoms with Crippen LogP contribution in [0.3, 0.4) is 0 Å². The molecule has 1 nitrogen and oxygen atoms in total. The van der Waals surface area contributed by atoms with Gasteiger partial charge in [0, 0.05) is 22.1 Å². The Balaban J connectivity index is 2.61. The van der Waals surface area contributed by atoms with Crippen molar-refractivity contribution in [3.8, 4) is 0 Å². The predicted molar refractivity (Wildman–Crippen MR) is 70.3 cm³/mol. The Hall–Kier alpha value is -0.0500. The van der Waals surface area contributed by atoms with Crippen molar-refractivity contribution in [1.29, 1.82) is 0 Å². The topological polar surface area (TPSA) is 12.0 Å². The van der Waals surface area contributed by atoms with Gasteiger partial charge in [-0.25, -0.2) is 0 Å². The number of benzene rings is 1. The van der Waals surface area contributed by atoms with Crippen LogP contribution in [0.25, 0.3) is 0 Å². The van der Waals surface area contributed by atoms with E-state index < -0.39 is 0 Å². The molecule has 0 amide bonds. The molecule has 1 aromatic rings. The van der Waals surface area contributed by atoms with Gasteiger partial charge in [-0.2, -0.15) is 0 Å². The highest BCUT2D eigenvalue weighted by molar-refractivity contribution is 9.10. The van der Waals surface area contributed by atoms with E-state index in [2.05, 4.69) is 48.1 Å². The zero-order chi connectivity index (χ0) is 11.4. The van der Waals surface area contributed by atoms with Crippen LogP contribution in [0.4, 0.5) is 0 Å². The molecule has 84 valence electrons. The van der Waals surface area contributed by atoms with Gasteiger partial charge in [0.15, 0.2) is 0 Å². The third kappa shape index (κ3) is 4.13. The van der Waals surface area contributed by atoms with Crippen molar-refractivity contribution in [3.05, 3.63) is 33.3 Å². The summed E-state index contributed by atoms with van der Waals surface area (Å²) in [5, 5.41) is 4.28. The molecule has 0 radical (unpaired) electrons. The van der Waals surface area contributed by atoms with Crippen LogP contribution in [0.5, 0.6) is 0 Å². The molecule has 1 atom stereocenters. The summed E-state index contributed by atoms with van der Waals surface area (Å²) in [5.41, 5.74) is 1.14. The van der Waals surface area contributed by atoms with Crippen molar-refractivity contribution in [1.82, 2.24) is 5.32 Å². The third-order valence-corrected chi connectivity index (χ3v) is 3.48. The summed E-state index contributed by atoms with van der Waals surface area (Å²) in [6.07, 6.45) is 0. The van der Waals surface area contributed by atoms with E-state index in [1.54, 1.807) is 0 Å². The summed E-state index contributed by atoms with van der Waals surface area (Å²) in [7, 11) is 0. The van der Waals surface area contributed by atoms with E-state index >= 15 is 0 Å². The van der Waals surface area contributed by atoms with Crippen LogP contribution in [0.2, 0.25) is 5.02 Å². The van der Waals surface area contributed by atoms with E-state index in [1.165, 1.54) is 0 Å². The van der Waals surface area contributed by atoms with Crippen LogP contribution in [-0.4, -0.2) is 6.04 Å². The summed E-state index contributed by atoms with van der Waals surface area (Å²) in [6.45, 7) is 7.43. The lowest BCUT2D eigenvalue weighted by Crippen LogP contribution is -2.30. The first-order valence-corrected chi connectivity index (χ1v) is 6.35. The van der Waals surface area contributed by atoms with Gasteiger partial charge in [0.25, 0.3) is 0 Å². The maximum absolute atomic E-state index is 6.10. The molecule has 0 aliphatic carbocycles. The van der Waals surface area contributed by atoms with Crippen molar-refractivity contribution < 1.29 is 0 Å². The number of hydrogen-bond acceptors (Lipinski definition) is 1. The third-order valence-electron chi connectivity index (χ3n) is 2.62. The van der Waals surface area contributed by atoms with E-state index in [0.717, 1.165) is 21.6 Å². The summed E-state index contributed by atoms with van der Waals surface area (Å²) in [5.74, 6) is 0.635. The van der Waals surface area contributed by atoms with Gasteiger partial charge in [-0.15, -0.1) is 0 Å². The molecule has 3 heteroatoms. The lowest BCUT2D eigenvalue weighted by atomic mass is 10.1. The SMILES string of the molecule is CC(C)C(C)NCc1cc(Br)ccc1Cl. The first kappa shape index (κ1) is 13.0. The molecule has 1 N–H and O–H groups in total. The largest absolute Gasteiger partial charge is 0.310 e. The molecule has 0 bridgehead atoms. The molecule has 1 aromatic carbocycles. The highest BCUT2D eigenvalue weighted by Gasteiger charge is 2.07. The minimum absolute atomic E-state index is 0.500. The average molecular weight is 291 g/mol. The van der Waals surface area contributed by atoms with Crippen molar-refractivity contribution in [2.75, 3.05) is 0 Å². The van der Waals surface area contributed by atoms with Crippen LogP contribution < -0.4 is 5.32 Å². The molecule has 1 rings (SSSR count). The zero-order valence-corrected chi connectivity index (χ0v) is 11.7. The second-order valence-corrected chi connectivity index (χ2v) is 5.47. The van der Waals surface area contributed by atoms with Crippen molar-refractivity contribution in [2.24, 2.45) is 5.92 Å². The molecule has 0 heterocycles. The predicted octanol–water partition coefficient (Wildman–Crippen LogP) is 4.24. The minimum atomic E-state index is 0.500. The Labute approximate surface area is 105 Å². The van der Waals surface area contributed by atoms with E-state index in [0.29, 0.717) is 12.0 Å². The van der Waals surface area contributed by atoms with Gasteiger partial charge in [0.2, 0.25) is 0 Å². The van der Waals surface area contributed by atoms with Gasteiger partial charge in [0.05, 0.1) is 0 Å². The fourth-order valence-electron chi connectivity index (χ4n) is 1.19. The Morgan fingerprint density at radius 3 is 2.60 bits per heavy atom. The van der Waals surface area contributed by atoms with Gasteiger partial charge in [-0.1, -0.05) is 41.4 Å². The van der Waals surface area contributed by atoms with Crippen molar-refractivity contribution >= 4 is 27.5 Å². The number of hydrogen-bond donors (Lipinski definition) is 1. The first-order chi connectivity index (χ1) is 7.00. The van der Waals surface area contributed by atoms with Crippen molar-refractivity contribution in [3.63, 3.8) is 0 Å². The maximum atomic E-state index is 6.10. The second kappa shape index (κ2) is 5.88. The standard InChI is InChI=1S/C12H17BrClN/c1-8(2)9(3)15-7-10-6-11(13)4-5-12(10)14/h4-6,8-9,15H,7H2,1-3H3. The fourth-order valence-corrected chi connectivity index (χ4v) is 1.78. The van der Waals surface area contributed by atoms with Crippen LogP contribution >= 0.6 is 27.5 Å². The smallest absolute Gasteiger partial charge is 0.0451 e. The molecule has 0 aliphatic rings. The van der Waals surface area contributed by atoms with E-state index in [4.69, 9.17) is 11.6 Å². The van der Waals surface area contributed by atoms with E-state index in [9.17, 15) is 0 Å². The Morgan fingerprint density at radius 1 is 1.33 bits per heavy atom. The Kier molecular flexibility index (Phi) is 5.10. The second-order valence-electron chi connectivity index (χ2n) is 4.15. The highest BCUT2D eigenvalue weighted by atomic mass is 79.9. The van der Waals surface area contributed by atoms with Crippen LogP contribution in [-0.2, 0) is 6.54 Å². The minimum Gasteiger partial charge on any atom is -0.310 e. The van der Waals surface area contributed by atoms with Crippen molar-refractivity contribution in [2.45, 2.75) is 33.4 Å². The molecular weight excluding hydrogens is 273 g/mol. The molecule has 0 aliphatic heterocycles. The molecule has 1 unspecified atom stereocenters. The molecule has 15 heavy (non-hydrogen) atoms. The molecular formula is C12H17BrClN. The number of rotatable bonds is 4. The summed E-state index contributed by atoms with van der Waals surface area (Å²) in [4.78, 5) is 0. The van der Waals surface area contributed by atoms with Gasteiger partial charge in [-0.3, -0.25) is 0 Å². The van der Waals surface area contributed by atoms with E-state index in [1.807, 2.05) is 12.1 Å². The van der Waals surface area contributed by atoms with Gasteiger partial charge in [-0.05, 0) is 36.6 Å². The van der Waals surface area contributed by atoms with Crippen LogP contribution in [0.15, 0.2) is 22.7 Å². The van der Waals surface area contributed by atoms with Gasteiger partial charge >= 0.3 is 0 Å². The quantitative estimate of drug-likeness (QED) is 0.875. The molecule has 0 fully saturated rings. The summed E-state index contributed by atoms with van der Waals surface area (Å²) < 4.78 is 1.07.